The molecule has 0 spiro atoms. The van der Waals surface area contributed by atoms with E-state index < -0.39 is 0 Å². The Bertz CT molecular complexity index is 277. The molecule has 3 atom stereocenters. The van der Waals surface area contributed by atoms with Crippen molar-refractivity contribution in [3.8, 4) is 0 Å². The SMILES string of the molecule is CCCN(CC1CC1)C1CC(C(C)(C)C)CCC1N. The lowest BCUT2D eigenvalue weighted by atomic mass is 9.69. The molecule has 0 aromatic heterocycles. The Balaban J connectivity index is 2.00. The monoisotopic (exact) mass is 266 g/mol. The molecule has 2 aliphatic carbocycles. The Hall–Kier alpha value is -0.0800. The fourth-order valence-corrected chi connectivity index (χ4v) is 3.69. The van der Waals surface area contributed by atoms with E-state index in [0.717, 1.165) is 11.8 Å². The molecule has 0 aromatic carbocycles. The highest BCUT2D eigenvalue weighted by molar-refractivity contribution is 4.94. The Labute approximate surface area is 120 Å². The number of nitrogens with two attached hydrogens (primary N) is 1. The molecule has 2 heteroatoms. The van der Waals surface area contributed by atoms with Crippen LogP contribution >= 0.6 is 0 Å². The lowest BCUT2D eigenvalue weighted by molar-refractivity contribution is 0.0662. The molecule has 0 bridgehead atoms. The van der Waals surface area contributed by atoms with Gasteiger partial charge in [0.1, 0.15) is 0 Å². The minimum atomic E-state index is 0.406. The standard InChI is InChI=1S/C17H34N2/c1-5-10-19(12-13-6-7-13)16-11-14(17(2,3)4)8-9-15(16)18/h13-16H,5-12,18H2,1-4H3. The highest BCUT2D eigenvalue weighted by Crippen LogP contribution is 2.40. The van der Waals surface area contributed by atoms with Gasteiger partial charge in [0.2, 0.25) is 0 Å². The van der Waals surface area contributed by atoms with Crippen molar-refractivity contribution in [1.82, 2.24) is 4.90 Å². The van der Waals surface area contributed by atoms with Crippen molar-refractivity contribution in [2.24, 2.45) is 23.0 Å². The molecule has 2 aliphatic rings. The summed E-state index contributed by atoms with van der Waals surface area (Å²) in [7, 11) is 0. The molecule has 2 rings (SSSR count). The largest absolute Gasteiger partial charge is 0.326 e. The summed E-state index contributed by atoms with van der Waals surface area (Å²) in [6.45, 7) is 12.0. The average molecular weight is 266 g/mol. The number of rotatable bonds is 5. The van der Waals surface area contributed by atoms with Crippen LogP contribution in [0.25, 0.3) is 0 Å². The van der Waals surface area contributed by atoms with Crippen LogP contribution in [0.1, 0.15) is 66.2 Å². The lowest BCUT2D eigenvalue weighted by Crippen LogP contribution is -2.53. The van der Waals surface area contributed by atoms with E-state index in [4.69, 9.17) is 5.73 Å². The summed E-state index contributed by atoms with van der Waals surface area (Å²) in [5.74, 6) is 1.82. The van der Waals surface area contributed by atoms with Crippen LogP contribution in [-0.2, 0) is 0 Å². The third-order valence-corrected chi connectivity index (χ3v) is 5.26. The van der Waals surface area contributed by atoms with Crippen LogP contribution in [-0.4, -0.2) is 30.1 Å². The maximum Gasteiger partial charge on any atom is 0.0250 e. The topological polar surface area (TPSA) is 29.3 Å². The van der Waals surface area contributed by atoms with Crippen LogP contribution in [0.15, 0.2) is 0 Å². The number of hydrogen-bond donors (Lipinski definition) is 1. The summed E-state index contributed by atoms with van der Waals surface area (Å²) in [5.41, 5.74) is 6.91. The first-order valence-electron chi connectivity index (χ1n) is 8.41. The van der Waals surface area contributed by atoms with Gasteiger partial charge in [-0.2, -0.15) is 0 Å². The van der Waals surface area contributed by atoms with Crippen LogP contribution < -0.4 is 5.73 Å². The van der Waals surface area contributed by atoms with Crippen molar-refractivity contribution in [3.05, 3.63) is 0 Å². The van der Waals surface area contributed by atoms with Crippen LogP contribution in [0.4, 0.5) is 0 Å². The van der Waals surface area contributed by atoms with Crippen molar-refractivity contribution < 1.29 is 0 Å². The third-order valence-electron chi connectivity index (χ3n) is 5.26. The fraction of sp³-hybridized carbons (Fsp3) is 1.00. The quantitative estimate of drug-likeness (QED) is 0.823. The van der Waals surface area contributed by atoms with Crippen molar-refractivity contribution >= 4 is 0 Å². The van der Waals surface area contributed by atoms with Gasteiger partial charge in [0.15, 0.2) is 0 Å². The molecule has 0 amide bonds. The molecule has 2 fully saturated rings. The Morgan fingerprint density at radius 1 is 1.11 bits per heavy atom. The highest BCUT2D eigenvalue weighted by atomic mass is 15.2. The van der Waals surface area contributed by atoms with E-state index in [9.17, 15) is 0 Å². The molecular formula is C17H34N2. The van der Waals surface area contributed by atoms with Gasteiger partial charge in [-0.3, -0.25) is 4.90 Å². The van der Waals surface area contributed by atoms with E-state index in [0.29, 0.717) is 17.5 Å². The second-order valence-electron chi connectivity index (χ2n) is 8.05. The van der Waals surface area contributed by atoms with Crippen LogP contribution in [0.3, 0.4) is 0 Å². The molecule has 0 heterocycles. The molecule has 2 nitrogen and oxygen atoms in total. The maximum absolute atomic E-state index is 6.47. The smallest absolute Gasteiger partial charge is 0.0250 e. The molecule has 2 N–H and O–H groups in total. The molecule has 19 heavy (non-hydrogen) atoms. The van der Waals surface area contributed by atoms with E-state index in [2.05, 4.69) is 32.6 Å². The van der Waals surface area contributed by atoms with Gasteiger partial charge in [0.05, 0.1) is 0 Å². The van der Waals surface area contributed by atoms with Gasteiger partial charge in [-0.25, -0.2) is 0 Å². The first-order chi connectivity index (χ1) is 8.91. The summed E-state index contributed by atoms with van der Waals surface area (Å²) < 4.78 is 0. The van der Waals surface area contributed by atoms with Gasteiger partial charge in [-0.1, -0.05) is 27.7 Å². The summed E-state index contributed by atoms with van der Waals surface area (Å²) in [6.07, 6.45) is 8.02. The Morgan fingerprint density at radius 2 is 1.79 bits per heavy atom. The number of nitrogens with zero attached hydrogens (tertiary/aromatic N) is 1. The summed E-state index contributed by atoms with van der Waals surface area (Å²) in [6, 6.07) is 1.04. The van der Waals surface area contributed by atoms with E-state index in [1.807, 2.05) is 0 Å². The Morgan fingerprint density at radius 3 is 2.32 bits per heavy atom. The highest BCUT2D eigenvalue weighted by Gasteiger charge is 2.38. The van der Waals surface area contributed by atoms with Crippen LogP contribution in [0.5, 0.6) is 0 Å². The molecule has 3 unspecified atom stereocenters. The van der Waals surface area contributed by atoms with Crippen LogP contribution in [0.2, 0.25) is 0 Å². The lowest BCUT2D eigenvalue weighted by Gasteiger charge is -2.45. The molecule has 0 aliphatic heterocycles. The Kier molecular flexibility index (Phi) is 4.94. The van der Waals surface area contributed by atoms with E-state index in [1.54, 1.807) is 0 Å². The van der Waals surface area contributed by atoms with Gasteiger partial charge in [0, 0.05) is 18.6 Å². The zero-order valence-corrected chi connectivity index (χ0v) is 13.5. The number of hydrogen-bond acceptors (Lipinski definition) is 2. The summed E-state index contributed by atoms with van der Waals surface area (Å²) in [4.78, 5) is 2.74. The van der Waals surface area contributed by atoms with Crippen molar-refractivity contribution in [2.45, 2.75) is 78.3 Å². The first-order valence-corrected chi connectivity index (χ1v) is 8.41. The van der Waals surface area contributed by atoms with Gasteiger partial charge in [0.25, 0.3) is 0 Å². The van der Waals surface area contributed by atoms with E-state index in [1.165, 1.54) is 51.6 Å². The zero-order chi connectivity index (χ0) is 14.0. The van der Waals surface area contributed by atoms with Gasteiger partial charge >= 0.3 is 0 Å². The minimum Gasteiger partial charge on any atom is -0.326 e. The summed E-state index contributed by atoms with van der Waals surface area (Å²) in [5, 5.41) is 0. The third kappa shape index (κ3) is 4.19. The van der Waals surface area contributed by atoms with E-state index in [-0.39, 0.29) is 0 Å². The second kappa shape index (κ2) is 6.13. The predicted octanol–water partition coefficient (Wildman–Crippen LogP) is 3.65. The van der Waals surface area contributed by atoms with Crippen molar-refractivity contribution in [3.63, 3.8) is 0 Å². The molecule has 2 saturated carbocycles. The predicted molar refractivity (Wildman–Crippen MR) is 83.1 cm³/mol. The first kappa shape index (κ1) is 15.3. The van der Waals surface area contributed by atoms with Crippen LogP contribution in [0, 0.1) is 17.3 Å². The van der Waals surface area contributed by atoms with Crippen molar-refractivity contribution in [2.75, 3.05) is 13.1 Å². The molecular weight excluding hydrogens is 232 g/mol. The van der Waals surface area contributed by atoms with Gasteiger partial charge in [-0.05, 0) is 62.3 Å². The van der Waals surface area contributed by atoms with Crippen molar-refractivity contribution in [1.29, 1.82) is 0 Å². The molecule has 0 aromatic rings. The molecule has 112 valence electrons. The second-order valence-corrected chi connectivity index (χ2v) is 8.05. The minimum absolute atomic E-state index is 0.406. The average Bonchev–Trinajstić information content (AvgIpc) is 3.11. The zero-order valence-electron chi connectivity index (χ0n) is 13.5. The normalized spacial score (nSPS) is 32.8. The van der Waals surface area contributed by atoms with Gasteiger partial charge in [-0.15, -0.1) is 0 Å². The van der Waals surface area contributed by atoms with E-state index >= 15 is 0 Å². The molecule has 0 radical (unpaired) electrons. The summed E-state index contributed by atoms with van der Waals surface area (Å²) >= 11 is 0. The van der Waals surface area contributed by atoms with Gasteiger partial charge < -0.3 is 5.73 Å². The maximum atomic E-state index is 6.47. The fourth-order valence-electron chi connectivity index (χ4n) is 3.69. The molecule has 0 saturated heterocycles.